The van der Waals surface area contributed by atoms with Gasteiger partial charge in [0, 0.05) is 5.69 Å². The standard InChI is InChI=1S/C11H6Cl2N5/c12-8-6-9(13)18(7-4-2-1-3-5-7)10(8)11-14-16-17-15-11/h2-6H,(H,14,15,16,17). The van der Waals surface area contributed by atoms with Crippen LogP contribution >= 0.6 is 23.2 Å². The summed E-state index contributed by atoms with van der Waals surface area (Å²) in [6, 6.07) is 11.9. The molecule has 0 aliphatic heterocycles. The minimum Gasteiger partial charge on any atom is -0.296 e. The van der Waals surface area contributed by atoms with Gasteiger partial charge in [-0.1, -0.05) is 35.3 Å². The van der Waals surface area contributed by atoms with Gasteiger partial charge in [0.15, 0.2) is 5.82 Å². The average molecular weight is 279 g/mol. The van der Waals surface area contributed by atoms with E-state index in [0.29, 0.717) is 21.7 Å². The van der Waals surface area contributed by atoms with Crippen LogP contribution in [-0.2, 0) is 0 Å². The zero-order chi connectivity index (χ0) is 12.5. The quantitative estimate of drug-likeness (QED) is 0.784. The van der Waals surface area contributed by atoms with Crippen LogP contribution in [-0.4, -0.2) is 25.2 Å². The van der Waals surface area contributed by atoms with Crippen molar-refractivity contribution in [3.63, 3.8) is 0 Å². The Morgan fingerprint density at radius 1 is 1.22 bits per heavy atom. The molecule has 1 aromatic carbocycles. The van der Waals surface area contributed by atoms with E-state index in [-0.39, 0.29) is 0 Å². The van der Waals surface area contributed by atoms with Gasteiger partial charge in [0.25, 0.3) is 0 Å². The fourth-order valence-electron chi connectivity index (χ4n) is 1.71. The molecule has 0 unspecified atom stereocenters. The summed E-state index contributed by atoms with van der Waals surface area (Å²) in [6.45, 7) is 0. The first-order valence-electron chi connectivity index (χ1n) is 5.04. The number of aromatic nitrogens is 5. The van der Waals surface area contributed by atoms with Crippen molar-refractivity contribution in [2.24, 2.45) is 0 Å². The van der Waals surface area contributed by atoms with Crippen molar-refractivity contribution in [2.75, 3.05) is 0 Å². The van der Waals surface area contributed by atoms with Crippen LogP contribution in [0.15, 0.2) is 30.3 Å². The molecule has 7 heteroatoms. The molecule has 0 amide bonds. The number of rotatable bonds is 2. The Kier molecular flexibility index (Phi) is 2.77. The van der Waals surface area contributed by atoms with E-state index in [2.05, 4.69) is 26.7 Å². The van der Waals surface area contributed by atoms with Gasteiger partial charge in [-0.05, 0) is 34.7 Å². The van der Waals surface area contributed by atoms with Crippen LogP contribution in [0.3, 0.4) is 0 Å². The molecule has 18 heavy (non-hydrogen) atoms. The maximum atomic E-state index is 6.19. The largest absolute Gasteiger partial charge is 0.296 e. The molecular formula is C11H6Cl2N5. The molecular weight excluding hydrogens is 273 g/mol. The molecule has 0 saturated heterocycles. The van der Waals surface area contributed by atoms with Crippen LogP contribution in [0.2, 0.25) is 10.2 Å². The van der Waals surface area contributed by atoms with Crippen molar-refractivity contribution in [1.82, 2.24) is 25.2 Å². The third-order valence-corrected chi connectivity index (χ3v) is 3.00. The van der Waals surface area contributed by atoms with Crippen molar-refractivity contribution in [2.45, 2.75) is 0 Å². The zero-order valence-corrected chi connectivity index (χ0v) is 10.4. The Balaban J connectivity index is 2.27. The fourth-order valence-corrected chi connectivity index (χ4v) is 2.33. The van der Waals surface area contributed by atoms with Crippen LogP contribution in [0.4, 0.5) is 0 Å². The molecule has 1 N–H and O–H groups in total. The first-order chi connectivity index (χ1) is 8.77. The number of hydrogen-bond donors (Lipinski definition) is 1. The molecule has 3 aromatic rings. The molecule has 2 heterocycles. The summed E-state index contributed by atoms with van der Waals surface area (Å²) in [5, 5.41) is 14.6. The molecule has 0 fully saturated rings. The van der Waals surface area contributed by atoms with E-state index < -0.39 is 0 Å². The second-order valence-corrected chi connectivity index (χ2v) is 4.30. The molecule has 5 nitrogen and oxygen atoms in total. The van der Waals surface area contributed by atoms with E-state index in [9.17, 15) is 0 Å². The normalized spacial score (nSPS) is 10.8. The predicted molar refractivity (Wildman–Crippen MR) is 67.8 cm³/mol. The molecule has 0 bridgehead atoms. The van der Waals surface area contributed by atoms with Gasteiger partial charge in [0.1, 0.15) is 10.8 Å². The highest BCUT2D eigenvalue weighted by Gasteiger charge is 2.18. The third-order valence-electron chi connectivity index (χ3n) is 2.44. The van der Waals surface area contributed by atoms with Crippen molar-refractivity contribution in [3.8, 4) is 17.2 Å². The van der Waals surface area contributed by atoms with Gasteiger partial charge in [-0.3, -0.25) is 4.57 Å². The number of aromatic amines is 1. The van der Waals surface area contributed by atoms with Gasteiger partial charge in [0.2, 0.25) is 0 Å². The van der Waals surface area contributed by atoms with E-state index in [1.165, 1.54) is 0 Å². The van der Waals surface area contributed by atoms with E-state index in [4.69, 9.17) is 23.2 Å². The van der Waals surface area contributed by atoms with Crippen LogP contribution in [0.25, 0.3) is 17.2 Å². The summed E-state index contributed by atoms with van der Waals surface area (Å²) in [7, 11) is 0. The maximum Gasteiger partial charge on any atom is 0.198 e. The number of nitrogens with zero attached hydrogens (tertiary/aromatic N) is 4. The highest BCUT2D eigenvalue weighted by Crippen LogP contribution is 2.34. The minimum atomic E-state index is 0.458. The second kappa shape index (κ2) is 4.44. The van der Waals surface area contributed by atoms with E-state index in [1.54, 1.807) is 22.8 Å². The highest BCUT2D eigenvalue weighted by molar-refractivity contribution is 6.36. The number of hydrogen-bond acceptors (Lipinski definition) is 3. The van der Waals surface area contributed by atoms with Crippen LogP contribution in [0.1, 0.15) is 0 Å². The summed E-state index contributed by atoms with van der Waals surface area (Å²) in [5.41, 5.74) is 1.48. The lowest BCUT2D eigenvalue weighted by atomic mass is 10.3. The second-order valence-electron chi connectivity index (χ2n) is 3.51. The topological polar surface area (TPSA) is 59.4 Å². The molecule has 0 aliphatic carbocycles. The first kappa shape index (κ1) is 11.3. The SMILES string of the molecule is Clc1cc(Cl)n(-c2cc[c]cc2)c1-c1nnn[nH]1. The van der Waals surface area contributed by atoms with Gasteiger partial charge >= 0.3 is 0 Å². The molecule has 3 rings (SSSR count). The lowest BCUT2D eigenvalue weighted by Gasteiger charge is -2.08. The third kappa shape index (κ3) is 1.77. The molecule has 0 spiro atoms. The summed E-state index contributed by atoms with van der Waals surface area (Å²) in [6.07, 6.45) is 0. The Bertz CT molecular complexity index is 660. The summed E-state index contributed by atoms with van der Waals surface area (Å²) < 4.78 is 1.76. The Morgan fingerprint density at radius 3 is 2.67 bits per heavy atom. The van der Waals surface area contributed by atoms with E-state index in [1.807, 2.05) is 12.1 Å². The van der Waals surface area contributed by atoms with Crippen molar-refractivity contribution in [3.05, 3.63) is 46.6 Å². The van der Waals surface area contributed by atoms with Gasteiger partial charge < -0.3 is 0 Å². The smallest absolute Gasteiger partial charge is 0.198 e. The number of H-pyrrole nitrogens is 1. The number of tetrazole rings is 1. The van der Waals surface area contributed by atoms with Gasteiger partial charge in [0.05, 0.1) is 5.02 Å². The van der Waals surface area contributed by atoms with Crippen molar-refractivity contribution in [1.29, 1.82) is 0 Å². The average Bonchev–Trinajstić information content (AvgIpc) is 2.97. The number of benzene rings is 1. The Morgan fingerprint density at radius 2 is 2.00 bits per heavy atom. The molecule has 0 atom stereocenters. The number of halogens is 2. The maximum absolute atomic E-state index is 6.19. The molecule has 89 valence electrons. The van der Waals surface area contributed by atoms with Gasteiger partial charge in [-0.15, -0.1) is 5.10 Å². The fraction of sp³-hybridized carbons (Fsp3) is 0. The van der Waals surface area contributed by atoms with E-state index in [0.717, 1.165) is 5.69 Å². The Labute approximate surface area is 112 Å². The molecule has 0 aliphatic rings. The van der Waals surface area contributed by atoms with Crippen LogP contribution < -0.4 is 0 Å². The van der Waals surface area contributed by atoms with Crippen molar-refractivity contribution < 1.29 is 0 Å². The van der Waals surface area contributed by atoms with Gasteiger partial charge in [-0.25, -0.2) is 5.10 Å². The van der Waals surface area contributed by atoms with Crippen LogP contribution in [0.5, 0.6) is 0 Å². The van der Waals surface area contributed by atoms with E-state index >= 15 is 0 Å². The molecule has 0 saturated carbocycles. The summed E-state index contributed by atoms with van der Waals surface area (Å²) in [5.74, 6) is 0.458. The summed E-state index contributed by atoms with van der Waals surface area (Å²) >= 11 is 12.4. The van der Waals surface area contributed by atoms with Crippen LogP contribution in [0, 0.1) is 6.07 Å². The predicted octanol–water partition coefficient (Wildman–Crippen LogP) is 2.76. The minimum absolute atomic E-state index is 0.458. The number of nitrogens with one attached hydrogen (secondary N) is 1. The van der Waals surface area contributed by atoms with Crippen molar-refractivity contribution >= 4 is 23.2 Å². The lowest BCUT2D eigenvalue weighted by molar-refractivity contribution is 0.881. The highest BCUT2D eigenvalue weighted by atomic mass is 35.5. The van der Waals surface area contributed by atoms with Gasteiger partial charge in [-0.2, -0.15) is 0 Å². The zero-order valence-electron chi connectivity index (χ0n) is 8.93. The summed E-state index contributed by atoms with van der Waals surface area (Å²) in [4.78, 5) is 0. The molecule has 2 aromatic heterocycles. The lowest BCUT2D eigenvalue weighted by Crippen LogP contribution is -1.98. The first-order valence-corrected chi connectivity index (χ1v) is 5.80. The molecule has 1 radical (unpaired) electrons. The Hall–Kier alpha value is -1.85. The monoisotopic (exact) mass is 278 g/mol.